The average molecular weight is 239 g/mol. The normalized spacial score (nSPS) is 11.6. The van der Waals surface area contributed by atoms with Gasteiger partial charge in [0.1, 0.15) is 6.33 Å². The van der Waals surface area contributed by atoms with E-state index >= 15 is 0 Å². The van der Waals surface area contributed by atoms with Crippen LogP contribution in [-0.2, 0) is 0 Å². The maximum Gasteiger partial charge on any atom is 0.203 e. The molecule has 0 fully saturated rings. The fourth-order valence-corrected chi connectivity index (χ4v) is 1.17. The first-order valence-corrected chi connectivity index (χ1v) is 5.44. The van der Waals surface area contributed by atoms with E-state index in [0.717, 1.165) is 6.54 Å². The van der Waals surface area contributed by atoms with Crippen LogP contribution >= 0.6 is 0 Å². The van der Waals surface area contributed by atoms with Gasteiger partial charge < -0.3 is 20.7 Å². The second-order valence-electron chi connectivity index (χ2n) is 4.70. The molecule has 1 rings (SSSR count). The fourth-order valence-electron chi connectivity index (χ4n) is 1.17. The van der Waals surface area contributed by atoms with E-state index in [1.54, 1.807) is 7.11 Å². The Morgan fingerprint density at radius 2 is 2.06 bits per heavy atom. The van der Waals surface area contributed by atoms with Crippen LogP contribution in [0.3, 0.4) is 0 Å². The Kier molecular flexibility index (Phi) is 4.11. The van der Waals surface area contributed by atoms with Gasteiger partial charge in [0, 0.05) is 12.1 Å². The highest BCUT2D eigenvalue weighted by Crippen LogP contribution is 2.26. The van der Waals surface area contributed by atoms with Gasteiger partial charge in [-0.1, -0.05) is 0 Å². The van der Waals surface area contributed by atoms with Gasteiger partial charge in [-0.15, -0.1) is 0 Å². The lowest BCUT2D eigenvalue weighted by Gasteiger charge is -2.32. The van der Waals surface area contributed by atoms with E-state index in [9.17, 15) is 0 Å². The number of ether oxygens (including phenoxy) is 1. The zero-order valence-electron chi connectivity index (χ0n) is 11.1. The van der Waals surface area contributed by atoms with Crippen LogP contribution in [0.1, 0.15) is 13.8 Å². The van der Waals surface area contributed by atoms with Gasteiger partial charge in [0.2, 0.25) is 5.75 Å². The van der Waals surface area contributed by atoms with E-state index in [1.165, 1.54) is 6.33 Å². The molecule has 1 aromatic rings. The summed E-state index contributed by atoms with van der Waals surface area (Å²) in [5.41, 5.74) is 5.71. The van der Waals surface area contributed by atoms with Crippen LogP contribution in [0.25, 0.3) is 0 Å². The van der Waals surface area contributed by atoms with Crippen LogP contribution < -0.4 is 15.8 Å². The van der Waals surface area contributed by atoms with Gasteiger partial charge in [-0.25, -0.2) is 9.97 Å². The van der Waals surface area contributed by atoms with E-state index in [0.29, 0.717) is 17.4 Å². The molecule has 0 bridgehead atoms. The molecule has 3 N–H and O–H groups in total. The number of hydrogen-bond acceptors (Lipinski definition) is 6. The molecule has 1 heterocycles. The summed E-state index contributed by atoms with van der Waals surface area (Å²) in [4.78, 5) is 10.1. The SMILES string of the molecule is COc1c(N)ncnc1NCC(C)(C)N(C)C. The molecule has 0 atom stereocenters. The van der Waals surface area contributed by atoms with E-state index < -0.39 is 0 Å². The van der Waals surface area contributed by atoms with E-state index in [4.69, 9.17) is 10.5 Å². The number of nitrogens with one attached hydrogen (secondary N) is 1. The number of nitrogens with zero attached hydrogens (tertiary/aromatic N) is 3. The number of rotatable bonds is 5. The van der Waals surface area contributed by atoms with Crippen LogP contribution in [0.5, 0.6) is 5.75 Å². The van der Waals surface area contributed by atoms with Gasteiger partial charge in [0.05, 0.1) is 7.11 Å². The summed E-state index contributed by atoms with van der Waals surface area (Å²) in [6.07, 6.45) is 1.42. The lowest BCUT2D eigenvalue weighted by molar-refractivity contribution is 0.209. The molecule has 0 unspecified atom stereocenters. The van der Waals surface area contributed by atoms with Crippen molar-refractivity contribution in [2.24, 2.45) is 0 Å². The molecule has 0 aliphatic rings. The minimum atomic E-state index is 0.00469. The van der Waals surface area contributed by atoms with Crippen molar-refractivity contribution in [1.82, 2.24) is 14.9 Å². The number of nitrogen functional groups attached to an aromatic ring is 1. The number of hydrogen-bond donors (Lipinski definition) is 2. The smallest absolute Gasteiger partial charge is 0.203 e. The molecule has 6 nitrogen and oxygen atoms in total. The molecule has 17 heavy (non-hydrogen) atoms. The molecular formula is C11H21N5O. The molecule has 0 aromatic carbocycles. The van der Waals surface area contributed by atoms with Crippen LogP contribution in [0.15, 0.2) is 6.33 Å². The summed E-state index contributed by atoms with van der Waals surface area (Å²) in [5, 5.41) is 3.23. The zero-order valence-corrected chi connectivity index (χ0v) is 11.1. The van der Waals surface area contributed by atoms with Crippen LogP contribution in [0.4, 0.5) is 11.6 Å². The lowest BCUT2D eigenvalue weighted by atomic mass is 10.0. The molecule has 0 aliphatic carbocycles. The molecule has 0 saturated heterocycles. The zero-order chi connectivity index (χ0) is 13.1. The summed E-state index contributed by atoms with van der Waals surface area (Å²) < 4.78 is 5.18. The maximum atomic E-state index is 5.70. The third kappa shape index (κ3) is 3.20. The minimum Gasteiger partial charge on any atom is -0.490 e. The first-order valence-electron chi connectivity index (χ1n) is 5.44. The highest BCUT2D eigenvalue weighted by atomic mass is 16.5. The van der Waals surface area contributed by atoms with E-state index in [-0.39, 0.29) is 5.54 Å². The van der Waals surface area contributed by atoms with Crippen molar-refractivity contribution >= 4 is 11.6 Å². The van der Waals surface area contributed by atoms with Crippen molar-refractivity contribution in [3.63, 3.8) is 0 Å². The highest BCUT2D eigenvalue weighted by Gasteiger charge is 2.21. The Balaban J connectivity index is 2.79. The first kappa shape index (κ1) is 13.5. The van der Waals surface area contributed by atoms with Gasteiger partial charge in [-0.05, 0) is 27.9 Å². The Morgan fingerprint density at radius 1 is 1.41 bits per heavy atom. The Bertz CT molecular complexity index is 378. The molecule has 0 spiro atoms. The van der Waals surface area contributed by atoms with Gasteiger partial charge in [0.25, 0.3) is 0 Å². The van der Waals surface area contributed by atoms with Gasteiger partial charge in [0.15, 0.2) is 11.6 Å². The Morgan fingerprint density at radius 3 is 2.59 bits per heavy atom. The topological polar surface area (TPSA) is 76.3 Å². The van der Waals surface area contributed by atoms with Crippen molar-refractivity contribution in [2.45, 2.75) is 19.4 Å². The molecule has 6 heteroatoms. The molecule has 0 aliphatic heterocycles. The highest BCUT2D eigenvalue weighted by molar-refractivity contribution is 5.61. The number of methoxy groups -OCH3 is 1. The van der Waals surface area contributed by atoms with Crippen molar-refractivity contribution in [3.8, 4) is 5.75 Å². The predicted octanol–water partition coefficient (Wildman–Crippen LogP) is 0.820. The van der Waals surface area contributed by atoms with Crippen molar-refractivity contribution in [2.75, 3.05) is 38.8 Å². The average Bonchev–Trinajstić information content (AvgIpc) is 2.26. The first-order chi connectivity index (χ1) is 7.88. The van der Waals surface area contributed by atoms with Gasteiger partial charge in [-0.2, -0.15) is 0 Å². The van der Waals surface area contributed by atoms with E-state index in [2.05, 4.69) is 34.0 Å². The molecule has 0 saturated carbocycles. The summed E-state index contributed by atoms with van der Waals surface area (Å²) in [6, 6.07) is 0. The number of aromatic nitrogens is 2. The summed E-state index contributed by atoms with van der Waals surface area (Å²) >= 11 is 0. The summed E-state index contributed by atoms with van der Waals surface area (Å²) in [5.74, 6) is 1.45. The fraction of sp³-hybridized carbons (Fsp3) is 0.636. The van der Waals surface area contributed by atoms with Crippen molar-refractivity contribution in [1.29, 1.82) is 0 Å². The van der Waals surface area contributed by atoms with Gasteiger partial charge >= 0.3 is 0 Å². The van der Waals surface area contributed by atoms with Crippen LogP contribution in [0.2, 0.25) is 0 Å². The molecule has 1 aromatic heterocycles. The Hall–Kier alpha value is -1.56. The summed E-state index contributed by atoms with van der Waals surface area (Å²) in [7, 11) is 5.62. The predicted molar refractivity (Wildman–Crippen MR) is 69.3 cm³/mol. The van der Waals surface area contributed by atoms with Crippen molar-refractivity contribution < 1.29 is 4.74 Å². The molecule has 0 radical (unpaired) electrons. The number of anilines is 2. The standard InChI is InChI=1S/C11H21N5O/c1-11(2,16(3)4)6-13-10-8(17-5)9(12)14-7-15-10/h7H,6H2,1-5H3,(H3,12,13,14,15). The minimum absolute atomic E-state index is 0.00469. The summed E-state index contributed by atoms with van der Waals surface area (Å²) in [6.45, 7) is 5.00. The third-order valence-corrected chi connectivity index (χ3v) is 2.93. The largest absolute Gasteiger partial charge is 0.490 e. The Labute approximate surface area is 102 Å². The second-order valence-corrected chi connectivity index (χ2v) is 4.70. The number of nitrogens with two attached hydrogens (primary N) is 1. The number of likely N-dealkylation sites (N-methyl/N-ethyl adjacent to an activating group) is 1. The molecule has 96 valence electrons. The lowest BCUT2D eigenvalue weighted by Crippen LogP contribution is -2.44. The second kappa shape index (κ2) is 5.18. The third-order valence-electron chi connectivity index (χ3n) is 2.93. The van der Waals surface area contributed by atoms with Crippen molar-refractivity contribution in [3.05, 3.63) is 6.33 Å². The quantitative estimate of drug-likeness (QED) is 0.792. The van der Waals surface area contributed by atoms with E-state index in [1.807, 2.05) is 14.1 Å². The monoisotopic (exact) mass is 239 g/mol. The van der Waals surface area contributed by atoms with Gasteiger partial charge in [-0.3, -0.25) is 0 Å². The molecule has 0 amide bonds. The van der Waals surface area contributed by atoms with Crippen LogP contribution in [0, 0.1) is 0 Å². The molecular weight excluding hydrogens is 218 g/mol. The van der Waals surface area contributed by atoms with Crippen LogP contribution in [-0.4, -0.2) is 48.2 Å². The maximum absolute atomic E-state index is 5.70.